The number of anilines is 1. The zero-order valence-corrected chi connectivity index (χ0v) is 19.1. The Bertz CT molecular complexity index is 1100. The highest BCUT2D eigenvalue weighted by Crippen LogP contribution is 2.35. The molecule has 2 atom stereocenters. The summed E-state index contributed by atoms with van der Waals surface area (Å²) >= 11 is 0. The SMILES string of the molecule is Cc1nonc1CN1C(=O)c2cccc(N3CCC[C@H](C(=O)N4CCC[C@@H](C)C4)C3)c2C1=O. The van der Waals surface area contributed by atoms with Crippen molar-refractivity contribution in [2.45, 2.75) is 46.1 Å². The maximum atomic E-state index is 13.3. The van der Waals surface area contributed by atoms with E-state index >= 15 is 0 Å². The molecular formula is C24H29N5O4. The van der Waals surface area contributed by atoms with Gasteiger partial charge in [0.05, 0.1) is 29.3 Å². The summed E-state index contributed by atoms with van der Waals surface area (Å²) < 4.78 is 4.72. The van der Waals surface area contributed by atoms with Crippen molar-refractivity contribution in [1.29, 1.82) is 0 Å². The number of piperidine rings is 2. The van der Waals surface area contributed by atoms with Crippen molar-refractivity contribution in [2.24, 2.45) is 11.8 Å². The third kappa shape index (κ3) is 3.89. The predicted octanol–water partition coefficient (Wildman–Crippen LogP) is 2.65. The molecule has 3 aliphatic heterocycles. The number of imide groups is 1. The van der Waals surface area contributed by atoms with E-state index in [1.807, 2.05) is 17.0 Å². The zero-order chi connectivity index (χ0) is 23.1. The first kappa shape index (κ1) is 21.6. The molecule has 0 unspecified atom stereocenters. The molecular weight excluding hydrogens is 422 g/mol. The number of carbonyl (C=O) groups is 3. The number of likely N-dealkylation sites (tertiary alicyclic amines) is 1. The van der Waals surface area contributed by atoms with Gasteiger partial charge in [-0.1, -0.05) is 23.3 Å². The highest BCUT2D eigenvalue weighted by atomic mass is 16.6. The van der Waals surface area contributed by atoms with Crippen LogP contribution >= 0.6 is 0 Å². The fourth-order valence-electron chi connectivity index (χ4n) is 5.31. The lowest BCUT2D eigenvalue weighted by Crippen LogP contribution is -2.48. The molecule has 1 aromatic heterocycles. The van der Waals surface area contributed by atoms with Crippen molar-refractivity contribution in [3.8, 4) is 0 Å². The van der Waals surface area contributed by atoms with Gasteiger partial charge in [-0.2, -0.15) is 0 Å². The molecule has 0 radical (unpaired) electrons. The number of hydrogen-bond donors (Lipinski definition) is 0. The van der Waals surface area contributed by atoms with Crippen LogP contribution in [-0.2, 0) is 11.3 Å². The summed E-state index contributed by atoms with van der Waals surface area (Å²) in [4.78, 5) is 44.9. The topological polar surface area (TPSA) is 99.8 Å². The molecule has 9 heteroatoms. The zero-order valence-electron chi connectivity index (χ0n) is 19.1. The average molecular weight is 452 g/mol. The van der Waals surface area contributed by atoms with E-state index in [1.54, 1.807) is 13.0 Å². The van der Waals surface area contributed by atoms with Gasteiger partial charge in [-0.15, -0.1) is 0 Å². The van der Waals surface area contributed by atoms with Crippen LogP contribution in [0.2, 0.25) is 0 Å². The molecule has 0 bridgehead atoms. The minimum absolute atomic E-state index is 0.0232. The smallest absolute Gasteiger partial charge is 0.264 e. The van der Waals surface area contributed by atoms with E-state index in [0.29, 0.717) is 35.0 Å². The number of benzene rings is 1. The summed E-state index contributed by atoms with van der Waals surface area (Å²) in [6.45, 7) is 6.93. The maximum Gasteiger partial charge on any atom is 0.264 e. The van der Waals surface area contributed by atoms with Gasteiger partial charge in [0, 0.05) is 26.2 Å². The maximum absolute atomic E-state index is 13.3. The molecule has 0 aliphatic carbocycles. The highest BCUT2D eigenvalue weighted by Gasteiger charge is 2.40. The van der Waals surface area contributed by atoms with Crippen LogP contribution in [-0.4, -0.2) is 64.0 Å². The van der Waals surface area contributed by atoms with E-state index in [4.69, 9.17) is 4.63 Å². The number of amides is 3. The molecule has 1 aromatic carbocycles. The molecule has 2 fully saturated rings. The van der Waals surface area contributed by atoms with Crippen LogP contribution in [0.5, 0.6) is 0 Å². The molecule has 2 aromatic rings. The van der Waals surface area contributed by atoms with Crippen LogP contribution in [0.4, 0.5) is 5.69 Å². The van der Waals surface area contributed by atoms with Gasteiger partial charge in [0.1, 0.15) is 11.4 Å². The molecule has 0 saturated carbocycles. The average Bonchev–Trinajstić information content (AvgIpc) is 3.34. The van der Waals surface area contributed by atoms with Gasteiger partial charge in [-0.05, 0) is 50.7 Å². The minimum Gasteiger partial charge on any atom is -0.370 e. The lowest BCUT2D eigenvalue weighted by atomic mass is 9.93. The van der Waals surface area contributed by atoms with Crippen LogP contribution in [0, 0.1) is 18.8 Å². The van der Waals surface area contributed by atoms with E-state index in [-0.39, 0.29) is 30.2 Å². The van der Waals surface area contributed by atoms with Gasteiger partial charge >= 0.3 is 0 Å². The number of aryl methyl sites for hydroxylation is 1. The minimum atomic E-state index is -0.341. The van der Waals surface area contributed by atoms with E-state index in [9.17, 15) is 14.4 Å². The molecule has 0 N–H and O–H groups in total. The van der Waals surface area contributed by atoms with Crippen LogP contribution < -0.4 is 4.90 Å². The second-order valence-corrected chi connectivity index (χ2v) is 9.51. The van der Waals surface area contributed by atoms with E-state index in [2.05, 4.69) is 22.1 Å². The van der Waals surface area contributed by atoms with Gasteiger partial charge in [0.15, 0.2) is 0 Å². The summed E-state index contributed by atoms with van der Waals surface area (Å²) in [6.07, 6.45) is 3.96. The Morgan fingerprint density at radius 1 is 1.09 bits per heavy atom. The van der Waals surface area contributed by atoms with Gasteiger partial charge in [0.25, 0.3) is 11.8 Å². The van der Waals surface area contributed by atoms with Crippen molar-refractivity contribution in [3.63, 3.8) is 0 Å². The summed E-state index contributed by atoms with van der Waals surface area (Å²) in [5.41, 5.74) is 2.55. The number of fused-ring (bicyclic) bond motifs is 1. The van der Waals surface area contributed by atoms with Crippen molar-refractivity contribution in [1.82, 2.24) is 20.1 Å². The molecule has 2 saturated heterocycles. The first-order chi connectivity index (χ1) is 15.9. The van der Waals surface area contributed by atoms with Crippen LogP contribution in [0.3, 0.4) is 0 Å². The Morgan fingerprint density at radius 3 is 2.67 bits per heavy atom. The monoisotopic (exact) mass is 451 g/mol. The van der Waals surface area contributed by atoms with Gasteiger partial charge in [-0.3, -0.25) is 19.3 Å². The van der Waals surface area contributed by atoms with Gasteiger partial charge in [-0.25, -0.2) is 4.63 Å². The normalized spacial score (nSPS) is 23.3. The molecule has 174 valence electrons. The van der Waals surface area contributed by atoms with Crippen LogP contribution in [0.1, 0.15) is 64.7 Å². The van der Waals surface area contributed by atoms with Gasteiger partial charge < -0.3 is 9.80 Å². The third-order valence-electron chi connectivity index (χ3n) is 7.11. The Hall–Kier alpha value is -3.23. The standard InChI is InChI=1S/C24H29N5O4/c1-15-6-4-11-28(12-15)22(30)17-7-5-10-27(13-17)20-9-3-8-18-21(20)24(32)29(23(18)31)14-19-16(2)25-33-26-19/h3,8-9,15,17H,4-7,10-14H2,1-2H3/t15-,17+/m1/s1. The van der Waals surface area contributed by atoms with E-state index < -0.39 is 0 Å². The third-order valence-corrected chi connectivity index (χ3v) is 7.11. The van der Waals surface area contributed by atoms with E-state index in [0.717, 1.165) is 44.6 Å². The predicted molar refractivity (Wildman–Crippen MR) is 120 cm³/mol. The molecule has 33 heavy (non-hydrogen) atoms. The summed E-state index contributed by atoms with van der Waals surface area (Å²) in [6, 6.07) is 5.38. The Labute approximate surface area is 192 Å². The second-order valence-electron chi connectivity index (χ2n) is 9.51. The van der Waals surface area contributed by atoms with Crippen LogP contribution in [0.15, 0.2) is 22.8 Å². The van der Waals surface area contributed by atoms with E-state index in [1.165, 1.54) is 11.3 Å². The molecule has 5 rings (SSSR count). The second kappa shape index (κ2) is 8.61. The largest absolute Gasteiger partial charge is 0.370 e. The first-order valence-electron chi connectivity index (χ1n) is 11.7. The molecule has 3 aliphatic rings. The molecule has 0 spiro atoms. The van der Waals surface area contributed by atoms with Crippen molar-refractivity contribution >= 4 is 23.4 Å². The fourth-order valence-corrected chi connectivity index (χ4v) is 5.31. The number of rotatable bonds is 4. The molecule has 3 amide bonds. The summed E-state index contributed by atoms with van der Waals surface area (Å²) in [5, 5.41) is 7.55. The Kier molecular flexibility index (Phi) is 5.64. The number of aromatic nitrogens is 2. The Morgan fingerprint density at radius 2 is 1.91 bits per heavy atom. The summed E-state index contributed by atoms with van der Waals surface area (Å²) in [7, 11) is 0. The number of nitrogens with zero attached hydrogens (tertiary/aromatic N) is 5. The highest BCUT2D eigenvalue weighted by molar-refractivity contribution is 6.23. The first-order valence-corrected chi connectivity index (χ1v) is 11.7. The van der Waals surface area contributed by atoms with Gasteiger partial charge in [0.2, 0.25) is 5.91 Å². The lowest BCUT2D eigenvalue weighted by Gasteiger charge is -2.38. The summed E-state index contributed by atoms with van der Waals surface area (Å²) in [5.74, 6) is -0.0145. The number of hydrogen-bond acceptors (Lipinski definition) is 7. The van der Waals surface area contributed by atoms with Crippen molar-refractivity contribution in [2.75, 3.05) is 31.1 Å². The van der Waals surface area contributed by atoms with Crippen LogP contribution in [0.25, 0.3) is 0 Å². The molecule has 9 nitrogen and oxygen atoms in total. The quantitative estimate of drug-likeness (QED) is 0.659. The van der Waals surface area contributed by atoms with Crippen molar-refractivity contribution < 1.29 is 19.0 Å². The molecule has 4 heterocycles. The lowest BCUT2D eigenvalue weighted by molar-refractivity contribution is -0.137. The number of carbonyl (C=O) groups excluding carboxylic acids is 3. The fraction of sp³-hybridized carbons (Fsp3) is 0.542. The van der Waals surface area contributed by atoms with Crippen molar-refractivity contribution in [3.05, 3.63) is 40.7 Å². The Balaban J connectivity index is 1.37.